The minimum absolute atomic E-state index is 0.0270. The van der Waals surface area contributed by atoms with Crippen molar-refractivity contribution in [3.05, 3.63) is 62.2 Å². The summed E-state index contributed by atoms with van der Waals surface area (Å²) in [6.45, 7) is 10.3. The number of sulfonamides is 1. The number of nitro groups is 2. The van der Waals surface area contributed by atoms with Gasteiger partial charge in [-0.3, -0.25) is 25.7 Å². The zero-order chi connectivity index (χ0) is 28.7. The quantitative estimate of drug-likeness (QED) is 0.228. The van der Waals surface area contributed by atoms with Crippen LogP contribution in [-0.2, 0) is 14.8 Å². The van der Waals surface area contributed by atoms with E-state index < -0.39 is 19.9 Å². The van der Waals surface area contributed by atoms with Crippen LogP contribution in [-0.4, -0.2) is 68.2 Å². The minimum Gasteiger partial charge on any atom is -0.378 e. The molecule has 13 nitrogen and oxygen atoms in total. The summed E-state index contributed by atoms with van der Waals surface area (Å²) in [5, 5.41) is 27.0. The van der Waals surface area contributed by atoms with Gasteiger partial charge in [-0.1, -0.05) is 27.7 Å². The number of benzene rings is 2. The average molecular weight is 563 g/mol. The highest BCUT2D eigenvalue weighted by Crippen LogP contribution is 2.31. The Labute approximate surface area is 227 Å². The number of hydrazone groups is 1. The monoisotopic (exact) mass is 562 g/mol. The van der Waals surface area contributed by atoms with E-state index in [9.17, 15) is 28.6 Å². The average Bonchev–Trinajstić information content (AvgIpc) is 2.88. The Morgan fingerprint density at radius 2 is 1.56 bits per heavy atom. The van der Waals surface area contributed by atoms with Gasteiger partial charge in [-0.2, -0.15) is 9.41 Å². The number of hydrogen-bond donors (Lipinski definition) is 1. The van der Waals surface area contributed by atoms with Crippen molar-refractivity contribution in [3.8, 4) is 0 Å². The topological polar surface area (TPSA) is 161 Å². The first-order valence-corrected chi connectivity index (χ1v) is 14.0. The molecule has 1 heterocycles. The van der Waals surface area contributed by atoms with Crippen LogP contribution in [0.2, 0.25) is 0 Å². The van der Waals surface area contributed by atoms with Crippen molar-refractivity contribution in [2.45, 2.75) is 32.6 Å². The molecule has 0 amide bonds. The van der Waals surface area contributed by atoms with Gasteiger partial charge in [-0.05, 0) is 24.0 Å². The van der Waals surface area contributed by atoms with Crippen molar-refractivity contribution < 1.29 is 23.0 Å². The molecule has 0 unspecified atom stereocenters. The first kappa shape index (κ1) is 29.9. The molecular weight excluding hydrogens is 528 g/mol. The predicted molar refractivity (Wildman–Crippen MR) is 149 cm³/mol. The minimum atomic E-state index is -4.14. The van der Waals surface area contributed by atoms with Crippen LogP contribution in [0.1, 0.15) is 33.3 Å². The van der Waals surface area contributed by atoms with Gasteiger partial charge < -0.3 is 9.64 Å². The smallest absolute Gasteiger partial charge is 0.270 e. The molecule has 14 heteroatoms. The number of non-ortho nitro benzene ring substituents is 2. The van der Waals surface area contributed by atoms with E-state index in [4.69, 9.17) is 4.74 Å². The van der Waals surface area contributed by atoms with Gasteiger partial charge in [0.25, 0.3) is 11.4 Å². The molecule has 0 aliphatic carbocycles. The normalized spacial score (nSPS) is 14.5. The Morgan fingerprint density at radius 3 is 2.13 bits per heavy atom. The fraction of sp³-hybridized carbons (Fsp3) is 0.480. The number of nitro benzene ring substituents is 2. The number of rotatable bonds is 12. The second-order valence-electron chi connectivity index (χ2n) is 10.0. The van der Waals surface area contributed by atoms with Crippen LogP contribution in [0, 0.1) is 32.1 Å². The summed E-state index contributed by atoms with van der Waals surface area (Å²) < 4.78 is 34.2. The summed E-state index contributed by atoms with van der Waals surface area (Å²) >= 11 is 0. The van der Waals surface area contributed by atoms with Crippen molar-refractivity contribution >= 4 is 39.0 Å². The first-order chi connectivity index (χ1) is 18.4. The molecule has 212 valence electrons. The molecule has 0 bridgehead atoms. The van der Waals surface area contributed by atoms with Crippen LogP contribution in [0.15, 0.2) is 46.4 Å². The molecule has 0 spiro atoms. The lowest BCUT2D eigenvalue weighted by Crippen LogP contribution is -2.37. The molecule has 2 aromatic carbocycles. The molecule has 1 aliphatic heterocycles. The van der Waals surface area contributed by atoms with Crippen LogP contribution in [0.25, 0.3) is 0 Å². The highest BCUT2D eigenvalue weighted by atomic mass is 32.2. The number of nitrogens with zero attached hydrogens (tertiary/aromatic N) is 5. The molecule has 1 saturated heterocycles. The van der Waals surface area contributed by atoms with Crippen LogP contribution in [0.4, 0.5) is 22.7 Å². The van der Waals surface area contributed by atoms with Crippen LogP contribution >= 0.6 is 0 Å². The summed E-state index contributed by atoms with van der Waals surface area (Å²) in [5.74, 6) is 0.0539. The zero-order valence-corrected chi connectivity index (χ0v) is 23.3. The van der Waals surface area contributed by atoms with Crippen molar-refractivity contribution in [3.63, 3.8) is 0 Å². The third-order valence-corrected chi connectivity index (χ3v) is 7.77. The van der Waals surface area contributed by atoms with E-state index in [1.54, 1.807) is 6.07 Å². The highest BCUT2D eigenvalue weighted by Gasteiger charge is 2.30. The lowest BCUT2D eigenvalue weighted by atomic mass is 10.1. The van der Waals surface area contributed by atoms with Crippen molar-refractivity contribution in [1.82, 2.24) is 4.31 Å². The Balaban J connectivity index is 2.01. The van der Waals surface area contributed by atoms with E-state index in [0.717, 1.165) is 6.07 Å². The molecule has 1 aliphatic rings. The van der Waals surface area contributed by atoms with Gasteiger partial charge in [0.15, 0.2) is 0 Å². The summed E-state index contributed by atoms with van der Waals surface area (Å²) in [7, 11) is -4.14. The number of hydrogen-bond acceptors (Lipinski definition) is 10. The lowest BCUT2D eigenvalue weighted by Gasteiger charge is -2.29. The molecule has 2 aromatic rings. The molecule has 0 radical (unpaired) electrons. The number of morpholine rings is 1. The summed E-state index contributed by atoms with van der Waals surface area (Å²) in [6, 6.07) is 7.95. The molecule has 1 fully saturated rings. The Morgan fingerprint density at radius 1 is 1.00 bits per heavy atom. The van der Waals surface area contributed by atoms with Gasteiger partial charge in [0.05, 0.1) is 35.0 Å². The van der Waals surface area contributed by atoms with Gasteiger partial charge in [0, 0.05) is 61.7 Å². The number of ether oxygens (including phenoxy) is 1. The maximum absolute atomic E-state index is 13.7. The zero-order valence-electron chi connectivity index (χ0n) is 22.4. The van der Waals surface area contributed by atoms with E-state index in [-0.39, 0.29) is 46.9 Å². The van der Waals surface area contributed by atoms with Crippen LogP contribution in [0.3, 0.4) is 0 Å². The summed E-state index contributed by atoms with van der Waals surface area (Å²) in [4.78, 5) is 23.4. The van der Waals surface area contributed by atoms with Crippen LogP contribution in [0.5, 0.6) is 0 Å². The van der Waals surface area contributed by atoms with E-state index in [0.29, 0.717) is 37.6 Å². The fourth-order valence-corrected chi connectivity index (χ4v) is 6.11. The Bertz CT molecular complexity index is 1310. The van der Waals surface area contributed by atoms with E-state index >= 15 is 0 Å². The molecular formula is C25H34N6O7S. The van der Waals surface area contributed by atoms with E-state index in [2.05, 4.69) is 10.5 Å². The molecule has 39 heavy (non-hydrogen) atoms. The van der Waals surface area contributed by atoms with Crippen molar-refractivity contribution in [2.24, 2.45) is 16.9 Å². The van der Waals surface area contributed by atoms with Crippen LogP contribution < -0.4 is 10.3 Å². The molecule has 1 N–H and O–H groups in total. The Hall–Kier alpha value is -3.62. The van der Waals surface area contributed by atoms with E-state index in [1.165, 1.54) is 34.8 Å². The molecule has 0 aromatic heterocycles. The van der Waals surface area contributed by atoms with Gasteiger partial charge >= 0.3 is 0 Å². The van der Waals surface area contributed by atoms with Gasteiger partial charge in [-0.25, -0.2) is 8.42 Å². The third kappa shape index (κ3) is 7.71. The number of nitrogens with one attached hydrogen (secondary N) is 1. The van der Waals surface area contributed by atoms with Crippen molar-refractivity contribution in [2.75, 3.05) is 49.7 Å². The van der Waals surface area contributed by atoms with Crippen molar-refractivity contribution in [1.29, 1.82) is 0 Å². The third-order valence-electron chi connectivity index (χ3n) is 5.89. The highest BCUT2D eigenvalue weighted by molar-refractivity contribution is 7.89. The maximum atomic E-state index is 13.7. The Kier molecular flexibility index (Phi) is 9.94. The largest absolute Gasteiger partial charge is 0.378 e. The predicted octanol–water partition coefficient (Wildman–Crippen LogP) is 4.09. The lowest BCUT2D eigenvalue weighted by molar-refractivity contribution is -0.385. The standard InChI is InChI=1S/C25H34N6O7S/c1-18(2)16-29(17-19(3)4)39(36,37)25-14-22(31(34)35)5-7-23(25)27-26-15-20-13-21(30(32)33)6-8-24(20)28-9-11-38-12-10-28/h5-8,13-15,18-19,27H,9-12,16-17H2,1-4H3. The SMILES string of the molecule is CC(C)CN(CC(C)C)S(=O)(=O)c1cc([N+](=O)[O-])ccc1NN=Cc1cc([N+](=O)[O-])ccc1N1CCOCC1. The second kappa shape index (κ2) is 13.0. The number of anilines is 2. The van der Waals surface area contributed by atoms with Gasteiger partial charge in [0.1, 0.15) is 4.90 Å². The van der Waals surface area contributed by atoms with Gasteiger partial charge in [0.2, 0.25) is 10.0 Å². The molecule has 0 atom stereocenters. The summed E-state index contributed by atoms with van der Waals surface area (Å²) in [6.07, 6.45) is 1.37. The van der Waals surface area contributed by atoms with Gasteiger partial charge in [-0.15, -0.1) is 0 Å². The van der Waals surface area contributed by atoms with E-state index in [1.807, 2.05) is 32.6 Å². The molecule has 3 rings (SSSR count). The second-order valence-corrected chi connectivity index (χ2v) is 11.9. The summed E-state index contributed by atoms with van der Waals surface area (Å²) in [5.41, 5.74) is 3.42. The molecule has 0 saturated carbocycles. The maximum Gasteiger partial charge on any atom is 0.270 e. The first-order valence-electron chi connectivity index (χ1n) is 12.6. The fourth-order valence-electron chi connectivity index (χ4n) is 4.18.